The molecule has 1 unspecified atom stereocenters. The zero-order chi connectivity index (χ0) is 15.4. The largest absolute Gasteiger partial charge is 0.467 e. The van der Waals surface area contributed by atoms with Gasteiger partial charge in [-0.3, -0.25) is 9.48 Å². The van der Waals surface area contributed by atoms with Crippen molar-refractivity contribution in [1.82, 2.24) is 14.7 Å². The molecule has 6 heteroatoms. The third-order valence-corrected chi connectivity index (χ3v) is 3.94. The Morgan fingerprint density at radius 1 is 1.38 bits per heavy atom. The molecule has 1 aliphatic heterocycles. The normalized spacial score (nSPS) is 18.6. The number of ether oxygens (including phenoxy) is 1. The Bertz CT molecular complexity index is 524. The van der Waals surface area contributed by atoms with Crippen LogP contribution >= 0.6 is 0 Å². The summed E-state index contributed by atoms with van der Waals surface area (Å²) < 4.78 is 6.64. The predicted molar refractivity (Wildman–Crippen MR) is 77.7 cm³/mol. The number of aromatic nitrogens is 2. The van der Waals surface area contributed by atoms with Gasteiger partial charge in [-0.2, -0.15) is 5.10 Å². The van der Waals surface area contributed by atoms with Gasteiger partial charge in [0.15, 0.2) is 0 Å². The van der Waals surface area contributed by atoms with Gasteiger partial charge in [0.2, 0.25) is 5.91 Å². The molecule has 1 aromatic rings. The third-order valence-electron chi connectivity index (χ3n) is 3.94. The highest BCUT2D eigenvalue weighted by Gasteiger charge is 2.32. The fourth-order valence-electron chi connectivity index (χ4n) is 2.86. The highest BCUT2D eigenvalue weighted by atomic mass is 16.5. The van der Waals surface area contributed by atoms with E-state index in [0.29, 0.717) is 25.9 Å². The number of hydrogen-bond acceptors (Lipinski definition) is 4. The first-order valence-corrected chi connectivity index (χ1v) is 7.41. The molecule has 6 nitrogen and oxygen atoms in total. The molecule has 1 saturated heterocycles. The summed E-state index contributed by atoms with van der Waals surface area (Å²) in [4.78, 5) is 25.8. The molecule has 0 N–H and O–H groups in total. The topological polar surface area (TPSA) is 64.4 Å². The van der Waals surface area contributed by atoms with Crippen LogP contribution in [0.2, 0.25) is 0 Å². The van der Waals surface area contributed by atoms with Crippen molar-refractivity contribution in [3.05, 3.63) is 17.5 Å². The van der Waals surface area contributed by atoms with Crippen molar-refractivity contribution in [2.45, 2.75) is 52.1 Å². The van der Waals surface area contributed by atoms with E-state index in [1.54, 1.807) is 4.90 Å². The zero-order valence-corrected chi connectivity index (χ0v) is 13.0. The van der Waals surface area contributed by atoms with Gasteiger partial charge in [-0.1, -0.05) is 0 Å². The Labute approximate surface area is 125 Å². The number of amides is 1. The summed E-state index contributed by atoms with van der Waals surface area (Å²) in [5.41, 5.74) is 1.99. The lowest BCUT2D eigenvalue weighted by molar-refractivity contribution is -0.154. The van der Waals surface area contributed by atoms with Gasteiger partial charge in [0, 0.05) is 25.2 Å². The van der Waals surface area contributed by atoms with E-state index < -0.39 is 6.04 Å². The van der Waals surface area contributed by atoms with Gasteiger partial charge in [-0.15, -0.1) is 0 Å². The lowest BCUT2D eigenvalue weighted by Crippen LogP contribution is -2.48. The lowest BCUT2D eigenvalue weighted by atomic mass is 10.0. The molecule has 2 rings (SSSR count). The molecular weight excluding hydrogens is 270 g/mol. The molecule has 1 atom stereocenters. The number of nitrogens with zero attached hydrogens (tertiary/aromatic N) is 3. The Balaban J connectivity index is 1.97. The number of hydrogen-bond donors (Lipinski definition) is 0. The molecular formula is C15H23N3O3. The summed E-state index contributed by atoms with van der Waals surface area (Å²) in [6.45, 7) is 5.09. The van der Waals surface area contributed by atoms with E-state index in [2.05, 4.69) is 5.10 Å². The summed E-state index contributed by atoms with van der Waals surface area (Å²) in [6.07, 6.45) is 2.95. The summed E-state index contributed by atoms with van der Waals surface area (Å²) in [5.74, 6) is -0.313. The minimum atomic E-state index is -0.420. The second-order valence-electron chi connectivity index (χ2n) is 5.52. The van der Waals surface area contributed by atoms with Crippen LogP contribution in [0.1, 0.15) is 37.1 Å². The molecule has 0 aromatic carbocycles. The lowest BCUT2D eigenvalue weighted by Gasteiger charge is -2.33. The van der Waals surface area contributed by atoms with Gasteiger partial charge < -0.3 is 9.64 Å². The van der Waals surface area contributed by atoms with Crippen molar-refractivity contribution in [2.75, 3.05) is 13.7 Å². The van der Waals surface area contributed by atoms with Gasteiger partial charge in [0.25, 0.3) is 0 Å². The van der Waals surface area contributed by atoms with Gasteiger partial charge in [-0.25, -0.2) is 4.79 Å². The molecule has 21 heavy (non-hydrogen) atoms. The van der Waals surface area contributed by atoms with Crippen molar-refractivity contribution >= 4 is 11.9 Å². The number of carbonyl (C=O) groups is 2. The fraction of sp³-hybridized carbons (Fsp3) is 0.667. The van der Waals surface area contributed by atoms with Gasteiger partial charge in [-0.05, 0) is 39.2 Å². The molecule has 0 bridgehead atoms. The second-order valence-corrected chi connectivity index (χ2v) is 5.52. The van der Waals surface area contributed by atoms with E-state index in [-0.39, 0.29) is 11.9 Å². The minimum Gasteiger partial charge on any atom is -0.467 e. The van der Waals surface area contributed by atoms with Crippen LogP contribution in [0.15, 0.2) is 6.07 Å². The number of rotatable bonds is 4. The average molecular weight is 293 g/mol. The van der Waals surface area contributed by atoms with Gasteiger partial charge in [0.05, 0.1) is 12.8 Å². The summed E-state index contributed by atoms with van der Waals surface area (Å²) in [6, 6.07) is 1.57. The maximum absolute atomic E-state index is 12.4. The quantitative estimate of drug-likeness (QED) is 0.788. The van der Waals surface area contributed by atoms with Gasteiger partial charge in [0.1, 0.15) is 6.04 Å². The molecule has 1 aliphatic rings. The molecule has 0 aliphatic carbocycles. The van der Waals surface area contributed by atoms with E-state index >= 15 is 0 Å². The molecule has 1 fully saturated rings. The van der Waals surface area contributed by atoms with Crippen molar-refractivity contribution in [3.63, 3.8) is 0 Å². The van der Waals surface area contributed by atoms with Crippen molar-refractivity contribution in [1.29, 1.82) is 0 Å². The van der Waals surface area contributed by atoms with E-state index in [4.69, 9.17) is 4.74 Å². The first-order valence-electron chi connectivity index (χ1n) is 7.41. The SMILES string of the molecule is COC(=O)C1CCCCN1C(=O)CCn1nc(C)cc1C. The first-order chi connectivity index (χ1) is 10.0. The van der Waals surface area contributed by atoms with Crippen molar-refractivity contribution < 1.29 is 14.3 Å². The first kappa shape index (κ1) is 15.5. The van der Waals surface area contributed by atoms with Crippen LogP contribution in [0.25, 0.3) is 0 Å². The standard InChI is InChI=1S/C15H23N3O3/c1-11-10-12(2)18(16-11)9-7-14(19)17-8-5-4-6-13(17)15(20)21-3/h10,13H,4-9H2,1-3H3. The smallest absolute Gasteiger partial charge is 0.328 e. The predicted octanol–water partition coefficient (Wildman–Crippen LogP) is 1.44. The number of likely N-dealkylation sites (tertiary alicyclic amines) is 1. The van der Waals surface area contributed by atoms with Crippen LogP contribution < -0.4 is 0 Å². The maximum Gasteiger partial charge on any atom is 0.328 e. The molecule has 2 heterocycles. The maximum atomic E-state index is 12.4. The highest BCUT2D eigenvalue weighted by molar-refractivity contribution is 5.84. The molecule has 0 saturated carbocycles. The third kappa shape index (κ3) is 3.62. The minimum absolute atomic E-state index is 0.00217. The summed E-state index contributed by atoms with van der Waals surface area (Å²) >= 11 is 0. The van der Waals surface area contributed by atoms with Crippen LogP contribution in [0.4, 0.5) is 0 Å². The van der Waals surface area contributed by atoms with Crippen molar-refractivity contribution in [2.24, 2.45) is 0 Å². The van der Waals surface area contributed by atoms with Crippen molar-refractivity contribution in [3.8, 4) is 0 Å². The fourth-order valence-corrected chi connectivity index (χ4v) is 2.86. The molecule has 0 radical (unpaired) electrons. The number of esters is 1. The van der Waals surface area contributed by atoms with E-state index in [1.807, 2.05) is 24.6 Å². The van der Waals surface area contributed by atoms with Gasteiger partial charge >= 0.3 is 5.97 Å². The summed E-state index contributed by atoms with van der Waals surface area (Å²) in [7, 11) is 1.37. The molecule has 1 amide bonds. The second kappa shape index (κ2) is 6.74. The van der Waals surface area contributed by atoms with Crippen LogP contribution in [0.5, 0.6) is 0 Å². The Morgan fingerprint density at radius 2 is 2.14 bits per heavy atom. The number of aryl methyl sites for hydroxylation is 3. The Kier molecular flexibility index (Phi) is 4.98. The summed E-state index contributed by atoms with van der Waals surface area (Å²) in [5, 5.41) is 4.35. The van der Waals surface area contributed by atoms with Crippen LogP contribution in [0, 0.1) is 13.8 Å². The van der Waals surface area contributed by atoms with Crippen LogP contribution in [-0.2, 0) is 20.9 Å². The number of methoxy groups -OCH3 is 1. The Hall–Kier alpha value is -1.85. The molecule has 0 spiro atoms. The van der Waals surface area contributed by atoms with Crippen LogP contribution in [-0.4, -0.2) is 46.3 Å². The molecule has 1 aromatic heterocycles. The average Bonchev–Trinajstić information content (AvgIpc) is 2.81. The van der Waals surface area contributed by atoms with E-state index in [1.165, 1.54) is 7.11 Å². The monoisotopic (exact) mass is 293 g/mol. The molecule has 116 valence electrons. The Morgan fingerprint density at radius 3 is 2.76 bits per heavy atom. The van der Waals surface area contributed by atoms with Crippen LogP contribution in [0.3, 0.4) is 0 Å². The van der Waals surface area contributed by atoms with E-state index in [9.17, 15) is 9.59 Å². The number of piperidine rings is 1. The highest BCUT2D eigenvalue weighted by Crippen LogP contribution is 2.19. The number of carbonyl (C=O) groups excluding carboxylic acids is 2. The zero-order valence-electron chi connectivity index (χ0n) is 13.0. The van der Waals surface area contributed by atoms with E-state index in [0.717, 1.165) is 24.2 Å².